The Labute approximate surface area is 106 Å². The zero-order chi connectivity index (χ0) is 12.7. The van der Waals surface area contributed by atoms with Crippen LogP contribution in [-0.2, 0) is 0 Å². The van der Waals surface area contributed by atoms with Gasteiger partial charge in [0, 0.05) is 0 Å². The summed E-state index contributed by atoms with van der Waals surface area (Å²) in [5.41, 5.74) is 1.46. The van der Waals surface area contributed by atoms with Crippen LogP contribution in [0.15, 0.2) is 30.3 Å². The van der Waals surface area contributed by atoms with E-state index in [4.69, 9.17) is 4.74 Å². The molecule has 0 aliphatic carbocycles. The Balaban J connectivity index is 2.53. The van der Waals surface area contributed by atoms with Crippen LogP contribution in [0.25, 0.3) is 6.08 Å². The van der Waals surface area contributed by atoms with Crippen molar-refractivity contribution in [3.05, 3.63) is 35.9 Å². The summed E-state index contributed by atoms with van der Waals surface area (Å²) >= 11 is 0. The minimum absolute atomic E-state index is 0.232. The Hall–Kier alpha value is -1.24. The van der Waals surface area contributed by atoms with Gasteiger partial charge in [0.15, 0.2) is 0 Å². The number of benzene rings is 1. The molecule has 1 rings (SSSR count). The van der Waals surface area contributed by atoms with E-state index in [1.165, 1.54) is 12.0 Å². The van der Waals surface area contributed by atoms with Crippen LogP contribution in [0.5, 0.6) is 5.75 Å². The molecule has 94 valence electrons. The van der Waals surface area contributed by atoms with Crippen LogP contribution in [0.4, 0.5) is 0 Å². The highest BCUT2D eigenvalue weighted by molar-refractivity contribution is 5.51. The molecule has 1 nitrogen and oxygen atoms in total. The van der Waals surface area contributed by atoms with Crippen LogP contribution < -0.4 is 4.74 Å². The first-order chi connectivity index (χ1) is 8.01. The largest absolute Gasteiger partial charge is 0.494 e. The second-order valence-corrected chi connectivity index (χ2v) is 5.47. The van der Waals surface area contributed by atoms with Gasteiger partial charge in [0.05, 0.1) is 6.61 Å². The fraction of sp³-hybridized carbons (Fsp3) is 0.500. The zero-order valence-electron chi connectivity index (χ0n) is 11.5. The molecule has 0 radical (unpaired) electrons. The number of hydrogen-bond acceptors (Lipinski definition) is 1. The quantitative estimate of drug-likeness (QED) is 0.654. The van der Waals surface area contributed by atoms with Gasteiger partial charge >= 0.3 is 0 Å². The number of allylic oxidation sites excluding steroid dienone is 1. The monoisotopic (exact) mass is 232 g/mol. The van der Waals surface area contributed by atoms with Gasteiger partial charge in [-0.1, -0.05) is 58.4 Å². The van der Waals surface area contributed by atoms with Crippen LogP contribution in [-0.4, -0.2) is 6.61 Å². The van der Waals surface area contributed by atoms with Crippen molar-refractivity contribution in [3.8, 4) is 5.75 Å². The molecule has 0 unspecified atom stereocenters. The summed E-state index contributed by atoms with van der Waals surface area (Å²) in [5.74, 6) is 0.964. The van der Waals surface area contributed by atoms with Crippen molar-refractivity contribution in [1.29, 1.82) is 0 Å². The van der Waals surface area contributed by atoms with Crippen molar-refractivity contribution in [2.75, 3.05) is 6.61 Å². The predicted molar refractivity (Wildman–Crippen MR) is 75.3 cm³/mol. The molecule has 0 aliphatic rings. The number of rotatable bonds is 5. The summed E-state index contributed by atoms with van der Waals surface area (Å²) in [7, 11) is 0. The first kappa shape index (κ1) is 13.8. The predicted octanol–water partition coefficient (Wildman–Crippen LogP) is 4.92. The van der Waals surface area contributed by atoms with E-state index in [1.54, 1.807) is 0 Å². The standard InChI is InChI=1S/C16H24O/c1-5-6-13-17-15-9-7-14(8-10-15)11-12-16(2,3)4/h7-12H,5-6,13H2,1-4H3/b12-11+. The van der Waals surface area contributed by atoms with Gasteiger partial charge in [0.2, 0.25) is 0 Å². The third kappa shape index (κ3) is 6.15. The average molecular weight is 232 g/mol. The highest BCUT2D eigenvalue weighted by Gasteiger charge is 2.03. The number of unbranched alkanes of at least 4 members (excludes halogenated alkanes) is 1. The fourth-order valence-corrected chi connectivity index (χ4v) is 1.36. The molecule has 0 atom stereocenters. The van der Waals surface area contributed by atoms with Gasteiger partial charge in [-0.25, -0.2) is 0 Å². The van der Waals surface area contributed by atoms with Crippen molar-refractivity contribution in [3.63, 3.8) is 0 Å². The molecule has 0 amide bonds. The molecular weight excluding hydrogens is 208 g/mol. The van der Waals surface area contributed by atoms with Crippen molar-refractivity contribution in [1.82, 2.24) is 0 Å². The molecule has 1 aromatic carbocycles. The smallest absolute Gasteiger partial charge is 0.119 e. The minimum Gasteiger partial charge on any atom is -0.494 e. The number of ether oxygens (including phenoxy) is 1. The van der Waals surface area contributed by atoms with Gasteiger partial charge in [-0.05, 0) is 29.5 Å². The first-order valence-corrected chi connectivity index (χ1v) is 6.43. The molecule has 1 heteroatoms. The van der Waals surface area contributed by atoms with Crippen molar-refractivity contribution in [2.45, 2.75) is 40.5 Å². The van der Waals surface area contributed by atoms with Crippen LogP contribution in [0.2, 0.25) is 0 Å². The van der Waals surface area contributed by atoms with E-state index in [-0.39, 0.29) is 5.41 Å². The molecule has 0 aromatic heterocycles. The van der Waals surface area contributed by atoms with E-state index < -0.39 is 0 Å². The third-order valence-corrected chi connectivity index (χ3v) is 2.42. The average Bonchev–Trinajstić information content (AvgIpc) is 2.27. The summed E-state index contributed by atoms with van der Waals surface area (Å²) in [4.78, 5) is 0. The topological polar surface area (TPSA) is 9.23 Å². The van der Waals surface area contributed by atoms with Crippen LogP contribution in [0.3, 0.4) is 0 Å². The first-order valence-electron chi connectivity index (χ1n) is 6.43. The summed E-state index contributed by atoms with van der Waals surface area (Å²) in [6.45, 7) is 9.58. The van der Waals surface area contributed by atoms with E-state index in [9.17, 15) is 0 Å². The molecule has 0 saturated heterocycles. The molecule has 0 fully saturated rings. The van der Waals surface area contributed by atoms with E-state index in [2.05, 4.69) is 52.0 Å². The fourth-order valence-electron chi connectivity index (χ4n) is 1.36. The summed E-state index contributed by atoms with van der Waals surface area (Å²) in [5, 5.41) is 0. The Morgan fingerprint density at radius 1 is 1.12 bits per heavy atom. The van der Waals surface area contributed by atoms with Gasteiger partial charge in [-0.2, -0.15) is 0 Å². The van der Waals surface area contributed by atoms with Crippen molar-refractivity contribution in [2.24, 2.45) is 5.41 Å². The molecule has 1 aromatic rings. The number of hydrogen-bond donors (Lipinski definition) is 0. The van der Waals surface area contributed by atoms with E-state index >= 15 is 0 Å². The van der Waals surface area contributed by atoms with Gasteiger partial charge in [0.25, 0.3) is 0 Å². The SMILES string of the molecule is CCCCOc1ccc(/C=C/C(C)(C)C)cc1. The Bertz CT molecular complexity index is 341. The Morgan fingerprint density at radius 2 is 1.76 bits per heavy atom. The van der Waals surface area contributed by atoms with Gasteiger partial charge in [-0.15, -0.1) is 0 Å². The van der Waals surface area contributed by atoms with E-state index in [1.807, 2.05) is 12.1 Å². The molecular formula is C16H24O. The second-order valence-electron chi connectivity index (χ2n) is 5.47. The normalized spacial score (nSPS) is 12.0. The van der Waals surface area contributed by atoms with Crippen LogP contribution in [0.1, 0.15) is 46.1 Å². The van der Waals surface area contributed by atoms with E-state index in [0.717, 1.165) is 18.8 Å². The van der Waals surface area contributed by atoms with Gasteiger partial charge in [-0.3, -0.25) is 0 Å². The summed E-state index contributed by atoms with van der Waals surface area (Å²) in [6, 6.07) is 8.28. The molecule has 0 heterocycles. The highest BCUT2D eigenvalue weighted by atomic mass is 16.5. The minimum atomic E-state index is 0.232. The third-order valence-electron chi connectivity index (χ3n) is 2.42. The molecule has 0 spiro atoms. The molecule has 17 heavy (non-hydrogen) atoms. The van der Waals surface area contributed by atoms with Gasteiger partial charge in [0.1, 0.15) is 5.75 Å². The van der Waals surface area contributed by atoms with E-state index in [0.29, 0.717) is 0 Å². The lowest BCUT2D eigenvalue weighted by Gasteiger charge is -2.11. The second kappa shape index (κ2) is 6.48. The van der Waals surface area contributed by atoms with Crippen molar-refractivity contribution >= 4 is 6.08 Å². The lowest BCUT2D eigenvalue weighted by atomic mass is 9.95. The maximum Gasteiger partial charge on any atom is 0.119 e. The zero-order valence-corrected chi connectivity index (χ0v) is 11.5. The van der Waals surface area contributed by atoms with Gasteiger partial charge < -0.3 is 4.74 Å². The summed E-state index contributed by atoms with van der Waals surface area (Å²) < 4.78 is 5.62. The Morgan fingerprint density at radius 3 is 2.29 bits per heavy atom. The Kier molecular flexibility index (Phi) is 5.27. The molecule has 0 bridgehead atoms. The summed E-state index contributed by atoms with van der Waals surface area (Å²) in [6.07, 6.45) is 6.67. The maximum atomic E-state index is 5.62. The lowest BCUT2D eigenvalue weighted by molar-refractivity contribution is 0.309. The van der Waals surface area contributed by atoms with Crippen LogP contribution >= 0.6 is 0 Å². The molecule has 0 saturated carbocycles. The maximum absolute atomic E-state index is 5.62. The molecule has 0 N–H and O–H groups in total. The molecule has 0 aliphatic heterocycles. The lowest BCUT2D eigenvalue weighted by Crippen LogP contribution is -1.98. The van der Waals surface area contributed by atoms with Crippen molar-refractivity contribution < 1.29 is 4.74 Å². The highest BCUT2D eigenvalue weighted by Crippen LogP contribution is 2.18. The van der Waals surface area contributed by atoms with Crippen LogP contribution in [0, 0.1) is 5.41 Å².